The summed E-state index contributed by atoms with van der Waals surface area (Å²) in [6.07, 6.45) is 10.2. The van der Waals surface area contributed by atoms with Crippen LogP contribution in [-0.4, -0.2) is 28.8 Å². The Balaban J connectivity index is 5.96. The van der Waals surface area contributed by atoms with Gasteiger partial charge in [-0.3, -0.25) is 0 Å². The first kappa shape index (κ1) is 28.1. The molecule has 0 heterocycles. The molecular weight excluding hydrogens is 390 g/mol. The van der Waals surface area contributed by atoms with Gasteiger partial charge in [-0.15, -0.1) is 18.9 Å². The first-order valence-corrected chi connectivity index (χ1v) is 16.6. The minimum atomic E-state index is -2.01. The molecule has 0 aromatic heterocycles. The normalized spacial score (nSPS) is 16.4. The van der Waals surface area contributed by atoms with E-state index in [-0.39, 0.29) is 28.2 Å². The Morgan fingerprint density at radius 2 is 1.48 bits per heavy atom. The Hall–Kier alpha value is -0.856. The Labute approximate surface area is 183 Å². The number of terminal acetylenes is 1. The minimum absolute atomic E-state index is 0.0904. The van der Waals surface area contributed by atoms with Crippen molar-refractivity contribution in [3.8, 4) is 18.4 Å². The average molecular weight is 436 g/mol. The van der Waals surface area contributed by atoms with Crippen LogP contribution in [0, 0.1) is 29.6 Å². The van der Waals surface area contributed by atoms with Gasteiger partial charge in [-0.1, -0.05) is 47.6 Å². The summed E-state index contributed by atoms with van der Waals surface area (Å²) < 4.78 is 13.6. The molecule has 0 aliphatic heterocycles. The zero-order valence-electron chi connectivity index (χ0n) is 20.7. The van der Waals surface area contributed by atoms with Gasteiger partial charge in [0.15, 0.2) is 16.6 Å². The Morgan fingerprint density at radius 3 is 1.86 bits per heavy atom. The first-order chi connectivity index (χ1) is 13.0. The van der Waals surface area contributed by atoms with Gasteiger partial charge in [-0.25, -0.2) is 0 Å². The molecule has 0 spiro atoms. The maximum atomic E-state index is 9.05. The van der Waals surface area contributed by atoms with E-state index < -0.39 is 16.6 Å². The zero-order chi connectivity index (χ0) is 23.1. The van der Waals surface area contributed by atoms with Crippen molar-refractivity contribution in [3.63, 3.8) is 0 Å². The van der Waals surface area contributed by atoms with Gasteiger partial charge in [0.1, 0.15) is 0 Å². The molecule has 0 rings (SSSR count). The molecule has 0 fully saturated rings. The fraction of sp³-hybridized carbons (Fsp3) is 0.792. The molecule has 0 aromatic rings. The van der Waals surface area contributed by atoms with Crippen molar-refractivity contribution >= 4 is 16.6 Å². The van der Waals surface area contributed by atoms with Crippen molar-refractivity contribution in [2.24, 2.45) is 5.92 Å². The quantitative estimate of drug-likeness (QED) is 0.148. The van der Waals surface area contributed by atoms with Crippen molar-refractivity contribution in [2.75, 3.05) is 0 Å². The van der Waals surface area contributed by atoms with Crippen molar-refractivity contribution in [1.29, 1.82) is 5.26 Å². The summed E-state index contributed by atoms with van der Waals surface area (Å²) >= 11 is 0. The summed E-state index contributed by atoms with van der Waals surface area (Å²) in [4.78, 5) is 0. The van der Waals surface area contributed by atoms with E-state index in [9.17, 15) is 0 Å². The van der Waals surface area contributed by atoms with Gasteiger partial charge in [0.2, 0.25) is 0 Å². The third-order valence-electron chi connectivity index (χ3n) is 6.77. The highest BCUT2D eigenvalue weighted by atomic mass is 28.4. The Bertz CT molecular complexity index is 600. The van der Waals surface area contributed by atoms with Crippen molar-refractivity contribution in [2.45, 2.75) is 116 Å². The zero-order valence-corrected chi connectivity index (χ0v) is 22.7. The highest BCUT2D eigenvalue weighted by molar-refractivity contribution is 6.74. The lowest BCUT2D eigenvalue weighted by molar-refractivity contribution is 0.0447. The smallest absolute Gasteiger partial charge is 0.192 e. The van der Waals surface area contributed by atoms with E-state index in [0.29, 0.717) is 12.8 Å². The lowest BCUT2D eigenvalue weighted by Crippen LogP contribution is -2.50. The first-order valence-electron chi connectivity index (χ1n) is 10.8. The van der Waals surface area contributed by atoms with Crippen LogP contribution in [0.5, 0.6) is 0 Å². The van der Waals surface area contributed by atoms with Crippen LogP contribution in [0.3, 0.4) is 0 Å². The van der Waals surface area contributed by atoms with Gasteiger partial charge in [-0.2, -0.15) is 5.26 Å². The Morgan fingerprint density at radius 1 is 1.00 bits per heavy atom. The molecule has 0 bridgehead atoms. The molecule has 0 unspecified atom stereocenters. The van der Waals surface area contributed by atoms with Crippen LogP contribution in [0.4, 0.5) is 0 Å². The predicted octanol–water partition coefficient (Wildman–Crippen LogP) is 7.29. The highest BCUT2D eigenvalue weighted by Crippen LogP contribution is 2.42. The molecule has 0 saturated heterocycles. The third-order valence-corrected chi connectivity index (χ3v) is 15.7. The van der Waals surface area contributed by atoms with Gasteiger partial charge in [0.25, 0.3) is 0 Å². The van der Waals surface area contributed by atoms with E-state index >= 15 is 0 Å². The minimum Gasteiger partial charge on any atom is -0.413 e. The van der Waals surface area contributed by atoms with Crippen LogP contribution >= 0.6 is 0 Å². The van der Waals surface area contributed by atoms with Gasteiger partial charge in [0.05, 0.1) is 18.3 Å². The fourth-order valence-electron chi connectivity index (χ4n) is 2.76. The average Bonchev–Trinajstić information content (AvgIpc) is 2.54. The molecule has 5 heteroatoms. The molecule has 166 valence electrons. The molecule has 0 N–H and O–H groups in total. The Kier molecular flexibility index (Phi) is 10.6. The van der Waals surface area contributed by atoms with E-state index in [1.165, 1.54) is 0 Å². The van der Waals surface area contributed by atoms with E-state index in [0.717, 1.165) is 12.8 Å². The number of nitriles is 1. The number of nitrogens with zero attached hydrogens (tertiary/aromatic N) is 1. The predicted molar refractivity (Wildman–Crippen MR) is 131 cm³/mol. The summed E-state index contributed by atoms with van der Waals surface area (Å²) in [5.74, 6) is 2.94. The van der Waals surface area contributed by atoms with Gasteiger partial charge in [-0.05, 0) is 49.1 Å². The lowest BCUT2D eigenvalue weighted by atomic mass is 9.89. The number of rotatable bonds is 11. The van der Waals surface area contributed by atoms with Gasteiger partial charge >= 0.3 is 0 Å². The maximum absolute atomic E-state index is 9.05. The topological polar surface area (TPSA) is 42.2 Å². The summed E-state index contributed by atoms with van der Waals surface area (Å²) in [6.45, 7) is 26.6. The third kappa shape index (κ3) is 8.42. The van der Waals surface area contributed by atoms with Crippen LogP contribution < -0.4 is 0 Å². The number of hydrogen-bond donors (Lipinski definition) is 0. The van der Waals surface area contributed by atoms with Crippen LogP contribution in [0.15, 0.2) is 12.7 Å². The van der Waals surface area contributed by atoms with Gasteiger partial charge < -0.3 is 8.85 Å². The summed E-state index contributed by atoms with van der Waals surface area (Å²) in [5.41, 5.74) is 0. The second-order valence-electron chi connectivity index (χ2n) is 11.1. The molecule has 3 nitrogen and oxygen atoms in total. The molecule has 0 amide bonds. The van der Waals surface area contributed by atoms with Crippen molar-refractivity contribution in [3.05, 3.63) is 12.7 Å². The number of unbranched alkanes of at least 4 members (excludes halogenated alkanes) is 1. The largest absolute Gasteiger partial charge is 0.413 e. The molecule has 0 aromatic carbocycles. The van der Waals surface area contributed by atoms with E-state index in [1.807, 2.05) is 6.08 Å². The SMILES string of the molecule is C#CC[C@@H](O[Si](C)(C)C(C)(C)C)[C@H](CCCC#N)[C@@H](C=C)O[Si](C)(C)C(C)(C)C. The molecular formula is C24H45NO2Si2. The lowest BCUT2D eigenvalue weighted by Gasteiger charge is -2.45. The summed E-state index contributed by atoms with van der Waals surface area (Å²) in [6, 6.07) is 2.27. The number of hydrogen-bond acceptors (Lipinski definition) is 3. The van der Waals surface area contributed by atoms with Crippen LogP contribution in [0.1, 0.15) is 67.2 Å². The molecule has 3 atom stereocenters. The molecule has 0 radical (unpaired) electrons. The molecule has 0 saturated carbocycles. The molecule has 0 aliphatic carbocycles. The summed E-state index contributed by atoms with van der Waals surface area (Å²) in [5, 5.41) is 9.25. The van der Waals surface area contributed by atoms with E-state index in [4.69, 9.17) is 20.5 Å². The molecule has 29 heavy (non-hydrogen) atoms. The van der Waals surface area contributed by atoms with Crippen LogP contribution in [0.2, 0.25) is 36.3 Å². The standard InChI is InChI=1S/C24H45NO2Si2/c1-13-17-22(27-29(11,12)24(6,7)8)20(18-15-16-19-25)21(14-2)26-28(9,10)23(3,4)5/h1,14,20-22H,2,15-18H2,3-12H3/t20-,21-,22-/m1/s1. The molecule has 0 aliphatic rings. The maximum Gasteiger partial charge on any atom is 0.192 e. The second kappa shape index (κ2) is 11.0. The summed E-state index contributed by atoms with van der Waals surface area (Å²) in [7, 11) is -4.00. The fourth-order valence-corrected chi connectivity index (χ4v) is 5.43. The van der Waals surface area contributed by atoms with Crippen molar-refractivity contribution in [1.82, 2.24) is 0 Å². The monoisotopic (exact) mass is 435 g/mol. The van der Waals surface area contributed by atoms with Crippen LogP contribution in [0.25, 0.3) is 0 Å². The van der Waals surface area contributed by atoms with E-state index in [1.54, 1.807) is 0 Å². The van der Waals surface area contributed by atoms with E-state index in [2.05, 4.69) is 86.3 Å². The van der Waals surface area contributed by atoms with Crippen molar-refractivity contribution < 1.29 is 8.85 Å². The highest BCUT2D eigenvalue weighted by Gasteiger charge is 2.44. The van der Waals surface area contributed by atoms with Crippen LogP contribution in [-0.2, 0) is 8.85 Å². The second-order valence-corrected chi connectivity index (χ2v) is 20.6. The van der Waals surface area contributed by atoms with Gasteiger partial charge in [0, 0.05) is 18.8 Å².